The molecule has 0 amide bonds. The summed E-state index contributed by atoms with van der Waals surface area (Å²) in [6.07, 6.45) is 0. The van der Waals surface area contributed by atoms with E-state index in [1.807, 2.05) is 0 Å². The quantitative estimate of drug-likeness (QED) is 0.585. The molecule has 4 heteroatoms. The summed E-state index contributed by atoms with van der Waals surface area (Å²) in [5, 5.41) is 0. The van der Waals surface area contributed by atoms with Crippen LogP contribution < -0.4 is 0 Å². The van der Waals surface area contributed by atoms with Gasteiger partial charge in [0.25, 0.3) is 0 Å². The molecule has 0 N–H and O–H groups in total. The van der Waals surface area contributed by atoms with Gasteiger partial charge in [-0.1, -0.05) is 0 Å². The van der Waals surface area contributed by atoms with Gasteiger partial charge in [-0.3, -0.25) is 0 Å². The molecule has 0 atom stereocenters. The van der Waals surface area contributed by atoms with Crippen molar-refractivity contribution in [2.45, 2.75) is 0 Å². The van der Waals surface area contributed by atoms with E-state index in [9.17, 15) is 0 Å². The Bertz CT molecular complexity index is 8.00. The first-order valence-electron chi connectivity index (χ1n) is 0.371. The number of hydrogen-bond donors (Lipinski definition) is 0. The molecule has 0 rings (SSSR count). The molecule has 0 heterocycles. The predicted octanol–water partition coefficient (Wildman–Crippen LogP) is 0.913. The van der Waals surface area contributed by atoms with Crippen molar-refractivity contribution in [1.29, 1.82) is 0 Å². The first kappa shape index (κ1) is 9.33. The Morgan fingerprint density at radius 3 is 1.25 bits per heavy atom. The van der Waals surface area contributed by atoms with Crippen molar-refractivity contribution >= 4 is 39.7 Å². The predicted molar refractivity (Wildman–Crippen MR) is 20.9 cm³/mol. The molecule has 0 fully saturated rings. The van der Waals surface area contributed by atoms with Crippen molar-refractivity contribution in [1.82, 2.24) is 0 Å². The molecular formula is S2SnW. The van der Waals surface area contributed by atoms with E-state index in [0.29, 0.717) is 0 Å². The summed E-state index contributed by atoms with van der Waals surface area (Å²) < 4.78 is 0. The molecule has 0 aromatic carbocycles. The van der Waals surface area contributed by atoms with Crippen molar-refractivity contribution in [2.24, 2.45) is 0 Å². The van der Waals surface area contributed by atoms with E-state index in [4.69, 9.17) is 0 Å². The van der Waals surface area contributed by atoms with Crippen LogP contribution in [0.25, 0.3) is 0 Å². The minimum absolute atomic E-state index is 1.13. The van der Waals surface area contributed by atoms with Gasteiger partial charge >= 0.3 is 57.7 Å². The van der Waals surface area contributed by atoms with Crippen LogP contribution in [0.2, 0.25) is 0 Å². The fourth-order valence-corrected chi connectivity index (χ4v) is 0. The zero-order valence-corrected chi connectivity index (χ0v) is 9.15. The van der Waals surface area contributed by atoms with E-state index in [-0.39, 0.29) is 0 Å². The van der Waals surface area contributed by atoms with Gasteiger partial charge in [-0.2, -0.15) is 0 Å². The van der Waals surface area contributed by atoms with E-state index >= 15 is 0 Å². The molecule has 0 aliphatic rings. The van der Waals surface area contributed by atoms with Crippen LogP contribution in [0.15, 0.2) is 0 Å². The van der Waals surface area contributed by atoms with Gasteiger partial charge < -0.3 is 0 Å². The second-order valence-corrected chi connectivity index (χ2v) is 0. The molecule has 0 spiro atoms. The summed E-state index contributed by atoms with van der Waals surface area (Å²) in [4.78, 5) is 0. The molecule has 4 heavy (non-hydrogen) atoms. The molecule has 22 valence electrons. The summed E-state index contributed by atoms with van der Waals surface area (Å²) in [6.45, 7) is 0. The van der Waals surface area contributed by atoms with Gasteiger partial charge in [-0.05, 0) is 0 Å². The Labute approximate surface area is 56.9 Å². The van der Waals surface area contributed by atoms with Crippen molar-refractivity contribution in [3.05, 3.63) is 0 Å². The molecule has 0 aliphatic carbocycles. The molecule has 0 saturated heterocycles. The van der Waals surface area contributed by atoms with E-state index in [1.165, 1.54) is 18.0 Å². The summed E-state index contributed by atoms with van der Waals surface area (Å²) in [6, 6.07) is 0. The summed E-state index contributed by atoms with van der Waals surface area (Å²) in [7, 11) is 8.34. The van der Waals surface area contributed by atoms with Gasteiger partial charge in [-0.15, -0.1) is 0 Å². The third-order valence-corrected chi connectivity index (χ3v) is 0. The minimum atomic E-state index is 1.13. The van der Waals surface area contributed by atoms with Crippen LogP contribution in [0.5, 0.6) is 0 Å². The van der Waals surface area contributed by atoms with E-state index < -0.39 is 0 Å². The molecule has 0 bridgehead atoms. The van der Waals surface area contributed by atoms with Gasteiger partial charge in [0.1, 0.15) is 0 Å². The van der Waals surface area contributed by atoms with Crippen LogP contribution in [0.3, 0.4) is 0 Å². The van der Waals surface area contributed by atoms with Gasteiger partial charge in [0, 0.05) is 0 Å². The summed E-state index contributed by atoms with van der Waals surface area (Å²) in [5.41, 5.74) is 0. The van der Waals surface area contributed by atoms with Crippen molar-refractivity contribution in [3.63, 3.8) is 0 Å². The maximum atomic E-state index is 4.17. The summed E-state index contributed by atoms with van der Waals surface area (Å²) >= 11 is 2.30. The van der Waals surface area contributed by atoms with Crippen molar-refractivity contribution in [2.75, 3.05) is 0 Å². The molecule has 0 nitrogen and oxygen atoms in total. The van der Waals surface area contributed by atoms with E-state index in [2.05, 4.69) is 19.1 Å². The Morgan fingerprint density at radius 2 is 1.25 bits per heavy atom. The molecular weight excluding hydrogens is 367 g/mol. The zero-order chi connectivity index (χ0) is 4.00. The molecule has 0 aliphatic heterocycles. The Balaban J connectivity index is 0. The topological polar surface area (TPSA) is 0 Å². The van der Waals surface area contributed by atoms with Crippen LogP contribution in [0.1, 0.15) is 0 Å². The molecule has 0 saturated carbocycles. The second-order valence-electron chi connectivity index (χ2n) is 0. The van der Waals surface area contributed by atoms with Crippen molar-refractivity contribution in [3.8, 4) is 0 Å². The van der Waals surface area contributed by atoms with Crippen LogP contribution in [-0.2, 0) is 18.0 Å². The molecule has 0 aromatic rings. The van der Waals surface area contributed by atoms with Gasteiger partial charge in [0.15, 0.2) is 0 Å². The standard InChI is InChI=1S/2S.Sn.W. The van der Waals surface area contributed by atoms with Gasteiger partial charge in [0.2, 0.25) is 0 Å². The third kappa shape index (κ3) is 9.06. The average molecular weight is 367 g/mol. The SMILES string of the molecule is [S]=[Sn].[S]=[W]. The molecule has 0 unspecified atom stereocenters. The van der Waals surface area contributed by atoms with Crippen LogP contribution in [-0.4, -0.2) is 20.6 Å². The van der Waals surface area contributed by atoms with E-state index in [1.54, 1.807) is 0 Å². The Hall–Kier alpha value is 1.93. The Kier molecular flexibility index (Phi) is 47.7. The molecule has 0 aromatic heterocycles. The fourth-order valence-electron chi connectivity index (χ4n) is 0. The zero-order valence-electron chi connectivity index (χ0n) is 1.72. The van der Waals surface area contributed by atoms with Crippen LogP contribution >= 0.6 is 19.1 Å². The van der Waals surface area contributed by atoms with Gasteiger partial charge in [0.05, 0.1) is 0 Å². The number of hydrogen-bond acceptors (Lipinski definition) is 2. The fraction of sp³-hybridized carbons (Fsp3) is 0. The van der Waals surface area contributed by atoms with Crippen LogP contribution in [0, 0.1) is 0 Å². The second kappa shape index (κ2) is 20.5. The summed E-state index contributed by atoms with van der Waals surface area (Å²) in [5.74, 6) is 0. The van der Waals surface area contributed by atoms with Crippen molar-refractivity contribution < 1.29 is 18.0 Å². The Morgan fingerprint density at radius 1 is 1.25 bits per heavy atom. The average Bonchev–Trinajstić information content (AvgIpc) is 1.50. The van der Waals surface area contributed by atoms with E-state index in [0.717, 1.165) is 20.6 Å². The molecule has 2 radical (unpaired) electrons. The normalized spacial score (nSPS) is 2.00. The first-order chi connectivity index (χ1) is 2.00. The monoisotopic (exact) mass is 368 g/mol. The maximum absolute atomic E-state index is 4.17. The van der Waals surface area contributed by atoms with Crippen LogP contribution in [0.4, 0.5) is 0 Å². The number of rotatable bonds is 0. The first-order valence-corrected chi connectivity index (χ1v) is 8.20. The third-order valence-electron chi connectivity index (χ3n) is 0. The van der Waals surface area contributed by atoms with Gasteiger partial charge in [-0.25, -0.2) is 0 Å².